The van der Waals surface area contributed by atoms with E-state index < -0.39 is 33.2 Å². The van der Waals surface area contributed by atoms with Gasteiger partial charge in [0.05, 0.1) is 23.6 Å². The monoisotopic (exact) mass is 759 g/mol. The number of carbonyl (C=O) groups excluding carboxylic acids is 2. The average molecular weight is 760 g/mol. The van der Waals surface area contributed by atoms with Crippen LogP contribution < -0.4 is 14.4 Å². The number of nitrogens with zero attached hydrogens (tertiary/aromatic N) is 2. The molecule has 1 spiro atoms. The number of hydrogen-bond acceptors (Lipinski definition) is 7. The number of anilines is 1. The van der Waals surface area contributed by atoms with Crippen molar-refractivity contribution in [3.05, 3.63) is 70.3 Å². The predicted octanol–water partition coefficient (Wildman–Crippen LogP) is 6.53. The van der Waals surface area contributed by atoms with E-state index in [2.05, 4.69) is 15.7 Å². The number of carbonyl (C=O) groups is 2. The number of halogens is 3. The number of benzene rings is 2. The van der Waals surface area contributed by atoms with Crippen molar-refractivity contribution < 1.29 is 36.3 Å². The molecule has 52 heavy (non-hydrogen) atoms. The molecule has 2 fully saturated rings. The van der Waals surface area contributed by atoms with E-state index in [0.717, 1.165) is 37.8 Å². The number of amides is 2. The second-order valence-corrected chi connectivity index (χ2v) is 18.1. The summed E-state index contributed by atoms with van der Waals surface area (Å²) in [4.78, 5) is 30.4. The second-order valence-electron chi connectivity index (χ2n) is 15.6. The first kappa shape index (κ1) is 37.1. The standard InChI is InChI=1S/C39H48ClF2N3O6S/c1-25-5-3-7-34(50-22-36(46)44-17-15-39(41,42)16-18-44)31-11-8-29(31)21-45-23-38(14-4-6-27-19-30(40)10-12-32(27)38)24-51-35-13-9-28(20-33(35)45)37(47)43-52(48,49)26(25)2/h3,7,9-10,12-13,19-20,25-26,29,31,34H,4-6,8,11,14-18,21-24H2,1-2H3,(H,43,47)/b7-3-/t25-,26+,29-,31+,34-,38-/m0/s1. The lowest BCUT2D eigenvalue weighted by Crippen LogP contribution is -2.50. The summed E-state index contributed by atoms with van der Waals surface area (Å²) in [6.45, 7) is 4.88. The number of likely N-dealkylation sites (tertiary alicyclic amines) is 1. The molecule has 0 unspecified atom stereocenters. The molecule has 3 heterocycles. The SMILES string of the molecule is C[C@@H]1[C@@H](C)C/C=C\[C@H](OCC(=O)N2CCC(F)(F)CC2)[C@@H]2CC[C@H]2CN2C[C@@]3(CCCc4cc(Cl)ccc43)COc3ccc(cc32)C(=O)NS1(=O)=O. The molecular weight excluding hydrogens is 712 g/mol. The number of rotatable bonds is 3. The Labute approximate surface area is 310 Å². The molecule has 2 bridgehead atoms. The van der Waals surface area contributed by atoms with Crippen LogP contribution in [0, 0.1) is 17.8 Å². The topological polar surface area (TPSA) is 105 Å². The van der Waals surface area contributed by atoms with Gasteiger partial charge in [-0.05, 0) is 105 Å². The smallest absolute Gasteiger partial charge is 0.264 e. The van der Waals surface area contributed by atoms with Crippen LogP contribution >= 0.6 is 11.6 Å². The Balaban J connectivity index is 1.22. The highest BCUT2D eigenvalue weighted by atomic mass is 35.5. The van der Waals surface area contributed by atoms with Gasteiger partial charge in [0.25, 0.3) is 11.8 Å². The lowest BCUT2D eigenvalue weighted by molar-refractivity contribution is -0.145. The van der Waals surface area contributed by atoms with Gasteiger partial charge in [-0.2, -0.15) is 0 Å². The van der Waals surface area contributed by atoms with Crippen LogP contribution in [0.4, 0.5) is 14.5 Å². The van der Waals surface area contributed by atoms with Gasteiger partial charge in [-0.25, -0.2) is 21.9 Å². The first-order valence-corrected chi connectivity index (χ1v) is 20.5. The molecular formula is C39H48ClF2N3O6S. The van der Waals surface area contributed by atoms with Gasteiger partial charge >= 0.3 is 0 Å². The van der Waals surface area contributed by atoms with E-state index in [1.165, 1.54) is 16.0 Å². The number of ether oxygens (including phenoxy) is 2. The zero-order valence-electron chi connectivity index (χ0n) is 29.8. The average Bonchev–Trinajstić information content (AvgIpc) is 3.24. The van der Waals surface area contributed by atoms with Crippen LogP contribution in [0.1, 0.15) is 80.3 Å². The summed E-state index contributed by atoms with van der Waals surface area (Å²) < 4.78 is 69.7. The summed E-state index contributed by atoms with van der Waals surface area (Å²) in [5, 5.41) is -0.176. The molecule has 2 amide bonds. The number of hydrogen-bond donors (Lipinski definition) is 1. The predicted molar refractivity (Wildman–Crippen MR) is 196 cm³/mol. The first-order chi connectivity index (χ1) is 24.7. The van der Waals surface area contributed by atoms with Crippen LogP contribution in [0.2, 0.25) is 5.02 Å². The molecule has 13 heteroatoms. The third kappa shape index (κ3) is 7.57. The number of aryl methyl sites for hydroxylation is 1. The number of fused-ring (bicyclic) bond motifs is 4. The van der Waals surface area contributed by atoms with Gasteiger partial charge in [0, 0.05) is 55.0 Å². The molecule has 2 aromatic carbocycles. The van der Waals surface area contributed by atoms with Crippen LogP contribution in [-0.4, -0.2) is 81.8 Å². The van der Waals surface area contributed by atoms with Crippen molar-refractivity contribution in [2.45, 2.75) is 87.9 Å². The van der Waals surface area contributed by atoms with Gasteiger partial charge in [-0.3, -0.25) is 9.59 Å². The van der Waals surface area contributed by atoms with Gasteiger partial charge in [0.2, 0.25) is 15.9 Å². The molecule has 7 rings (SSSR count). The minimum absolute atomic E-state index is 0.00230. The van der Waals surface area contributed by atoms with E-state index in [0.29, 0.717) is 36.9 Å². The minimum Gasteiger partial charge on any atom is -0.490 e. The highest BCUT2D eigenvalue weighted by Crippen LogP contribution is 2.47. The molecule has 282 valence electrons. The Morgan fingerprint density at radius 1 is 1.10 bits per heavy atom. The minimum atomic E-state index is -4.02. The molecule has 1 saturated heterocycles. The van der Waals surface area contributed by atoms with Crippen molar-refractivity contribution in [2.75, 3.05) is 44.3 Å². The van der Waals surface area contributed by atoms with Gasteiger partial charge in [0.15, 0.2) is 0 Å². The normalized spacial score (nSPS) is 31.9. The van der Waals surface area contributed by atoms with Crippen molar-refractivity contribution >= 4 is 39.1 Å². The lowest BCUT2D eigenvalue weighted by atomic mass is 9.68. The quantitative estimate of drug-likeness (QED) is 0.355. The largest absolute Gasteiger partial charge is 0.490 e. The Morgan fingerprint density at radius 2 is 1.88 bits per heavy atom. The Morgan fingerprint density at radius 3 is 2.63 bits per heavy atom. The van der Waals surface area contributed by atoms with Crippen LogP contribution in [0.3, 0.4) is 0 Å². The fraction of sp³-hybridized carbons (Fsp3) is 0.590. The van der Waals surface area contributed by atoms with Crippen molar-refractivity contribution in [1.29, 1.82) is 0 Å². The molecule has 1 saturated carbocycles. The summed E-state index contributed by atoms with van der Waals surface area (Å²) >= 11 is 6.44. The van der Waals surface area contributed by atoms with Crippen LogP contribution in [0.15, 0.2) is 48.6 Å². The second kappa shape index (κ2) is 14.5. The highest BCUT2D eigenvalue weighted by molar-refractivity contribution is 7.90. The van der Waals surface area contributed by atoms with E-state index in [9.17, 15) is 26.8 Å². The Hall–Kier alpha value is -3.22. The summed E-state index contributed by atoms with van der Waals surface area (Å²) in [5.74, 6) is -3.21. The Kier molecular flexibility index (Phi) is 10.4. The van der Waals surface area contributed by atoms with Gasteiger partial charge < -0.3 is 19.3 Å². The molecule has 2 aliphatic carbocycles. The van der Waals surface area contributed by atoms with Crippen molar-refractivity contribution in [2.24, 2.45) is 17.8 Å². The first-order valence-electron chi connectivity index (χ1n) is 18.5. The molecule has 9 nitrogen and oxygen atoms in total. The summed E-state index contributed by atoms with van der Waals surface area (Å²) in [6.07, 6.45) is 7.74. The van der Waals surface area contributed by atoms with E-state index in [-0.39, 0.29) is 67.2 Å². The van der Waals surface area contributed by atoms with Gasteiger partial charge in [0.1, 0.15) is 12.4 Å². The number of allylic oxidation sites excluding steroid dienone is 1. The van der Waals surface area contributed by atoms with E-state index in [4.69, 9.17) is 21.1 Å². The number of alkyl halides is 2. The lowest BCUT2D eigenvalue weighted by Gasteiger charge is -2.46. The summed E-state index contributed by atoms with van der Waals surface area (Å²) in [7, 11) is -4.02. The molecule has 5 aliphatic rings. The fourth-order valence-electron chi connectivity index (χ4n) is 8.66. The number of nitrogens with one attached hydrogen (secondary N) is 1. The third-order valence-corrected chi connectivity index (χ3v) is 14.4. The molecule has 2 aromatic rings. The fourth-order valence-corrected chi connectivity index (χ4v) is 10.1. The number of piperidine rings is 1. The van der Waals surface area contributed by atoms with Crippen LogP contribution in [0.25, 0.3) is 0 Å². The molecule has 0 radical (unpaired) electrons. The van der Waals surface area contributed by atoms with Crippen LogP contribution in [0.5, 0.6) is 5.75 Å². The van der Waals surface area contributed by atoms with Gasteiger partial charge in [-0.15, -0.1) is 0 Å². The molecule has 0 aromatic heterocycles. The molecule has 1 N–H and O–H groups in total. The maximum Gasteiger partial charge on any atom is 0.264 e. The Bertz CT molecular complexity index is 1830. The van der Waals surface area contributed by atoms with Crippen LogP contribution in [-0.2, 0) is 31.4 Å². The maximum atomic E-state index is 13.8. The van der Waals surface area contributed by atoms with Crippen molar-refractivity contribution in [3.8, 4) is 5.75 Å². The number of sulfonamides is 1. The summed E-state index contributed by atoms with van der Waals surface area (Å²) in [5.41, 5.74) is 3.03. The van der Waals surface area contributed by atoms with Crippen molar-refractivity contribution in [3.63, 3.8) is 0 Å². The van der Waals surface area contributed by atoms with Crippen molar-refractivity contribution in [1.82, 2.24) is 9.62 Å². The zero-order chi connectivity index (χ0) is 36.8. The van der Waals surface area contributed by atoms with E-state index >= 15 is 0 Å². The zero-order valence-corrected chi connectivity index (χ0v) is 31.4. The summed E-state index contributed by atoms with van der Waals surface area (Å²) in [6, 6.07) is 11.2. The highest BCUT2D eigenvalue weighted by Gasteiger charge is 2.45. The molecule has 6 atom stereocenters. The van der Waals surface area contributed by atoms with E-state index in [1.807, 2.05) is 31.2 Å². The maximum absolute atomic E-state index is 13.8. The molecule has 3 aliphatic heterocycles. The van der Waals surface area contributed by atoms with E-state index in [1.54, 1.807) is 25.1 Å². The third-order valence-electron chi connectivity index (χ3n) is 12.3. The van der Waals surface area contributed by atoms with Gasteiger partial charge in [-0.1, -0.05) is 36.7 Å².